The number of rotatable bonds is 4. The van der Waals surface area contributed by atoms with E-state index in [1.165, 1.54) is 44.6 Å². The van der Waals surface area contributed by atoms with E-state index in [4.69, 9.17) is 4.74 Å². The second-order valence-corrected chi connectivity index (χ2v) is 5.52. The third kappa shape index (κ3) is 3.93. The van der Waals surface area contributed by atoms with Gasteiger partial charge in [0, 0.05) is 18.2 Å². The van der Waals surface area contributed by atoms with Gasteiger partial charge < -0.3 is 4.74 Å². The maximum absolute atomic E-state index is 13.4. The van der Waals surface area contributed by atoms with Crippen molar-refractivity contribution in [2.45, 2.75) is 51.1 Å². The molecule has 1 aliphatic rings. The number of methoxy groups -OCH3 is 1. The van der Waals surface area contributed by atoms with Crippen molar-refractivity contribution in [1.29, 1.82) is 0 Å². The number of hydrogen-bond acceptors (Lipinski definition) is 2. The Hall–Kier alpha value is -1.09. The van der Waals surface area contributed by atoms with Crippen molar-refractivity contribution in [2.75, 3.05) is 14.2 Å². The van der Waals surface area contributed by atoms with Crippen molar-refractivity contribution in [1.82, 2.24) is 4.90 Å². The summed E-state index contributed by atoms with van der Waals surface area (Å²) in [7, 11) is 3.78. The molecule has 1 fully saturated rings. The van der Waals surface area contributed by atoms with Gasteiger partial charge in [0.15, 0.2) is 0 Å². The van der Waals surface area contributed by atoms with E-state index in [0.717, 1.165) is 17.9 Å². The lowest BCUT2D eigenvalue weighted by Gasteiger charge is -2.27. The van der Waals surface area contributed by atoms with Crippen molar-refractivity contribution in [3.8, 4) is 5.75 Å². The van der Waals surface area contributed by atoms with E-state index in [0.29, 0.717) is 6.04 Å². The summed E-state index contributed by atoms with van der Waals surface area (Å²) in [6.07, 6.45) is 7.86. The molecule has 0 aliphatic heterocycles. The Morgan fingerprint density at radius 3 is 2.53 bits per heavy atom. The van der Waals surface area contributed by atoms with Crippen LogP contribution < -0.4 is 4.74 Å². The van der Waals surface area contributed by atoms with Crippen LogP contribution in [0.5, 0.6) is 5.75 Å². The van der Waals surface area contributed by atoms with Crippen molar-refractivity contribution >= 4 is 0 Å². The van der Waals surface area contributed by atoms with Crippen molar-refractivity contribution < 1.29 is 9.13 Å². The molecular formula is C16H24FNO. The highest BCUT2D eigenvalue weighted by molar-refractivity contribution is 5.33. The standard InChI is InChI=1S/C16H24FNO/c1-18(15-7-5-3-4-6-8-15)12-13-11-14(17)9-10-16(13)19-2/h9-11,15H,3-8,12H2,1-2H3. The van der Waals surface area contributed by atoms with Crippen LogP contribution in [0.2, 0.25) is 0 Å². The summed E-state index contributed by atoms with van der Waals surface area (Å²) < 4.78 is 18.7. The fraction of sp³-hybridized carbons (Fsp3) is 0.625. The molecule has 1 aromatic rings. The lowest BCUT2D eigenvalue weighted by molar-refractivity contribution is 0.210. The molecule has 0 unspecified atom stereocenters. The van der Waals surface area contributed by atoms with Crippen LogP contribution in [-0.2, 0) is 6.54 Å². The van der Waals surface area contributed by atoms with Crippen LogP contribution in [0.25, 0.3) is 0 Å². The van der Waals surface area contributed by atoms with Gasteiger partial charge >= 0.3 is 0 Å². The SMILES string of the molecule is COc1ccc(F)cc1CN(C)C1CCCCCC1. The molecule has 0 spiro atoms. The van der Waals surface area contributed by atoms with Crippen LogP contribution in [0.15, 0.2) is 18.2 Å². The van der Waals surface area contributed by atoms with Crippen LogP contribution in [0.1, 0.15) is 44.1 Å². The zero-order chi connectivity index (χ0) is 13.7. The Morgan fingerprint density at radius 2 is 1.89 bits per heavy atom. The molecule has 3 heteroatoms. The van der Waals surface area contributed by atoms with Gasteiger partial charge in [-0.25, -0.2) is 4.39 Å². The van der Waals surface area contributed by atoms with E-state index >= 15 is 0 Å². The maximum Gasteiger partial charge on any atom is 0.123 e. The first-order chi connectivity index (χ1) is 9.20. The Morgan fingerprint density at radius 1 is 1.21 bits per heavy atom. The Labute approximate surface area is 115 Å². The minimum absolute atomic E-state index is 0.190. The zero-order valence-electron chi connectivity index (χ0n) is 12.0. The lowest BCUT2D eigenvalue weighted by atomic mass is 10.1. The van der Waals surface area contributed by atoms with Crippen LogP contribution in [0.3, 0.4) is 0 Å². The molecule has 0 bridgehead atoms. The molecule has 0 amide bonds. The molecule has 1 aliphatic carbocycles. The quantitative estimate of drug-likeness (QED) is 0.763. The normalized spacial score (nSPS) is 17.5. The van der Waals surface area contributed by atoms with Crippen molar-refractivity contribution in [3.05, 3.63) is 29.6 Å². The Kier molecular flexibility index (Phi) is 5.20. The van der Waals surface area contributed by atoms with Crippen LogP contribution in [-0.4, -0.2) is 25.1 Å². The molecule has 0 atom stereocenters. The Balaban J connectivity index is 2.04. The number of hydrogen-bond donors (Lipinski definition) is 0. The highest BCUT2D eigenvalue weighted by Gasteiger charge is 2.18. The van der Waals surface area contributed by atoms with E-state index in [2.05, 4.69) is 11.9 Å². The molecule has 0 radical (unpaired) electrons. The molecule has 0 N–H and O–H groups in total. The summed E-state index contributed by atoms with van der Waals surface area (Å²) in [5.74, 6) is 0.590. The van der Waals surface area contributed by atoms with Gasteiger partial charge in [-0.15, -0.1) is 0 Å². The second-order valence-electron chi connectivity index (χ2n) is 5.52. The second kappa shape index (κ2) is 6.90. The minimum atomic E-state index is -0.190. The van der Waals surface area contributed by atoms with E-state index in [1.54, 1.807) is 19.2 Å². The van der Waals surface area contributed by atoms with Gasteiger partial charge in [0.1, 0.15) is 11.6 Å². The third-order valence-electron chi connectivity index (χ3n) is 4.11. The monoisotopic (exact) mass is 265 g/mol. The highest BCUT2D eigenvalue weighted by Crippen LogP contribution is 2.25. The average molecular weight is 265 g/mol. The summed E-state index contributed by atoms with van der Waals surface area (Å²) in [6.45, 7) is 0.756. The molecule has 1 aromatic carbocycles. The van der Waals surface area contributed by atoms with Crippen LogP contribution in [0, 0.1) is 5.82 Å². The molecule has 0 aromatic heterocycles. The van der Waals surface area contributed by atoms with Crippen LogP contribution in [0.4, 0.5) is 4.39 Å². The predicted octanol–water partition coefficient (Wildman–Crippen LogP) is 3.99. The molecular weight excluding hydrogens is 241 g/mol. The van der Waals surface area contributed by atoms with E-state index in [1.807, 2.05) is 0 Å². The highest BCUT2D eigenvalue weighted by atomic mass is 19.1. The third-order valence-corrected chi connectivity index (χ3v) is 4.11. The first-order valence-electron chi connectivity index (χ1n) is 7.23. The molecule has 0 heterocycles. The lowest BCUT2D eigenvalue weighted by Crippen LogP contribution is -2.30. The van der Waals surface area contributed by atoms with Crippen LogP contribution >= 0.6 is 0 Å². The number of nitrogens with zero attached hydrogens (tertiary/aromatic N) is 1. The maximum atomic E-state index is 13.4. The zero-order valence-corrected chi connectivity index (χ0v) is 12.0. The van der Waals surface area contributed by atoms with E-state index < -0.39 is 0 Å². The summed E-state index contributed by atoms with van der Waals surface area (Å²) in [5, 5.41) is 0. The predicted molar refractivity (Wildman–Crippen MR) is 75.9 cm³/mol. The van der Waals surface area contributed by atoms with Crippen molar-refractivity contribution in [3.63, 3.8) is 0 Å². The fourth-order valence-corrected chi connectivity index (χ4v) is 2.97. The molecule has 106 valence electrons. The smallest absolute Gasteiger partial charge is 0.123 e. The first-order valence-corrected chi connectivity index (χ1v) is 7.23. The average Bonchev–Trinajstić information content (AvgIpc) is 2.68. The van der Waals surface area contributed by atoms with E-state index in [-0.39, 0.29) is 5.82 Å². The minimum Gasteiger partial charge on any atom is -0.496 e. The molecule has 1 saturated carbocycles. The molecule has 0 saturated heterocycles. The summed E-state index contributed by atoms with van der Waals surface area (Å²) in [5.41, 5.74) is 0.939. The van der Waals surface area contributed by atoms with Gasteiger partial charge in [-0.1, -0.05) is 25.7 Å². The fourth-order valence-electron chi connectivity index (χ4n) is 2.97. The van der Waals surface area contributed by atoms with Crippen molar-refractivity contribution in [2.24, 2.45) is 0 Å². The van der Waals surface area contributed by atoms with Gasteiger partial charge in [0.2, 0.25) is 0 Å². The Bertz CT molecular complexity index is 400. The first kappa shape index (κ1) is 14.3. The molecule has 2 rings (SSSR count). The van der Waals surface area contributed by atoms with Gasteiger partial charge in [0.25, 0.3) is 0 Å². The van der Waals surface area contributed by atoms with Gasteiger partial charge in [-0.3, -0.25) is 4.90 Å². The van der Waals surface area contributed by atoms with E-state index in [9.17, 15) is 4.39 Å². The van der Waals surface area contributed by atoms with Gasteiger partial charge in [0.05, 0.1) is 7.11 Å². The summed E-state index contributed by atoms with van der Waals surface area (Å²) in [6, 6.07) is 5.38. The number of halogens is 1. The molecule has 2 nitrogen and oxygen atoms in total. The van der Waals surface area contributed by atoms with Gasteiger partial charge in [-0.2, -0.15) is 0 Å². The summed E-state index contributed by atoms with van der Waals surface area (Å²) >= 11 is 0. The van der Waals surface area contributed by atoms with Gasteiger partial charge in [-0.05, 0) is 38.1 Å². The summed E-state index contributed by atoms with van der Waals surface area (Å²) in [4.78, 5) is 2.35. The number of benzene rings is 1. The largest absolute Gasteiger partial charge is 0.496 e. The topological polar surface area (TPSA) is 12.5 Å². The molecule has 19 heavy (non-hydrogen) atoms. The number of ether oxygens (including phenoxy) is 1.